The topological polar surface area (TPSA) is 94.0 Å². The third-order valence-corrected chi connectivity index (χ3v) is 6.44. The van der Waals surface area contributed by atoms with Gasteiger partial charge in [0.1, 0.15) is 0 Å². The second-order valence-corrected chi connectivity index (χ2v) is 9.69. The van der Waals surface area contributed by atoms with Crippen LogP contribution >= 0.6 is 23.4 Å². The van der Waals surface area contributed by atoms with Crippen molar-refractivity contribution in [1.82, 2.24) is 14.8 Å². The molecular formula is C20H19ClN4O3S2. The van der Waals surface area contributed by atoms with E-state index < -0.39 is 9.84 Å². The van der Waals surface area contributed by atoms with Crippen molar-refractivity contribution >= 4 is 44.8 Å². The number of aromatic nitrogens is 3. The number of thioether (sulfide) groups is 1. The molecule has 3 rings (SSSR count). The van der Waals surface area contributed by atoms with Gasteiger partial charge in [0.2, 0.25) is 5.91 Å². The highest BCUT2D eigenvalue weighted by Gasteiger charge is 2.16. The van der Waals surface area contributed by atoms with Gasteiger partial charge in [0, 0.05) is 18.4 Å². The van der Waals surface area contributed by atoms with E-state index in [9.17, 15) is 13.2 Å². The predicted octanol–water partition coefficient (Wildman–Crippen LogP) is 3.92. The van der Waals surface area contributed by atoms with E-state index >= 15 is 0 Å². The highest BCUT2D eigenvalue weighted by Crippen LogP contribution is 2.27. The van der Waals surface area contributed by atoms with Gasteiger partial charge >= 0.3 is 0 Å². The van der Waals surface area contributed by atoms with Crippen LogP contribution in [0.15, 0.2) is 71.2 Å². The lowest BCUT2D eigenvalue weighted by Gasteiger charge is -2.10. The first-order valence-corrected chi connectivity index (χ1v) is 12.1. The summed E-state index contributed by atoms with van der Waals surface area (Å²) in [7, 11) is -3.41. The molecule has 0 saturated heterocycles. The number of anilines is 1. The minimum Gasteiger partial charge on any atom is -0.324 e. The molecule has 0 unspecified atom stereocenters. The summed E-state index contributed by atoms with van der Waals surface area (Å²) in [6, 6.07) is 13.8. The van der Waals surface area contributed by atoms with Gasteiger partial charge in [-0.3, -0.25) is 9.36 Å². The van der Waals surface area contributed by atoms with Crippen molar-refractivity contribution in [2.24, 2.45) is 0 Å². The van der Waals surface area contributed by atoms with Crippen LogP contribution in [0.4, 0.5) is 5.69 Å². The first-order chi connectivity index (χ1) is 14.3. The van der Waals surface area contributed by atoms with Gasteiger partial charge in [0.15, 0.2) is 20.8 Å². The zero-order chi connectivity index (χ0) is 21.7. The van der Waals surface area contributed by atoms with Gasteiger partial charge in [0.25, 0.3) is 0 Å². The highest BCUT2D eigenvalue weighted by atomic mass is 35.5. The Balaban J connectivity index is 1.74. The Hall–Kier alpha value is -2.62. The molecule has 7 nitrogen and oxygen atoms in total. The number of amides is 1. The zero-order valence-corrected chi connectivity index (χ0v) is 18.5. The molecule has 1 amide bonds. The number of allylic oxidation sites excluding steroid dienone is 1. The number of hydrogen-bond acceptors (Lipinski definition) is 6. The molecule has 0 atom stereocenters. The smallest absolute Gasteiger partial charge is 0.234 e. The second-order valence-electron chi connectivity index (χ2n) is 6.32. The molecule has 0 radical (unpaired) electrons. The third-order valence-electron chi connectivity index (χ3n) is 4.03. The average Bonchev–Trinajstić information content (AvgIpc) is 3.11. The monoisotopic (exact) mass is 462 g/mol. The van der Waals surface area contributed by atoms with Gasteiger partial charge in [0.05, 0.1) is 21.4 Å². The van der Waals surface area contributed by atoms with E-state index in [0.717, 1.165) is 11.8 Å². The summed E-state index contributed by atoms with van der Waals surface area (Å²) in [5, 5.41) is 11.9. The Morgan fingerprint density at radius 1 is 1.23 bits per heavy atom. The van der Waals surface area contributed by atoms with Crippen molar-refractivity contribution in [2.75, 3.05) is 17.3 Å². The number of nitrogens with one attached hydrogen (secondary N) is 1. The lowest BCUT2D eigenvalue weighted by Crippen LogP contribution is -2.15. The normalized spacial score (nSPS) is 11.3. The van der Waals surface area contributed by atoms with Crippen molar-refractivity contribution in [1.29, 1.82) is 0 Å². The van der Waals surface area contributed by atoms with E-state index in [1.54, 1.807) is 6.08 Å². The summed E-state index contributed by atoms with van der Waals surface area (Å²) >= 11 is 7.30. The molecule has 1 N–H and O–H groups in total. The second kappa shape index (κ2) is 9.46. The molecule has 1 aromatic heterocycles. The molecule has 2 aromatic carbocycles. The molecule has 0 saturated carbocycles. The van der Waals surface area contributed by atoms with Gasteiger partial charge in [-0.05, 0) is 18.2 Å². The molecule has 0 fully saturated rings. The van der Waals surface area contributed by atoms with Crippen molar-refractivity contribution in [3.05, 3.63) is 66.2 Å². The number of halogens is 1. The Morgan fingerprint density at radius 3 is 2.63 bits per heavy atom. The Labute approximate surface area is 184 Å². The molecule has 0 aliphatic heterocycles. The number of nitrogens with zero attached hydrogens (tertiary/aromatic N) is 3. The number of carbonyl (C=O) groups is 1. The van der Waals surface area contributed by atoms with Crippen LogP contribution in [0.2, 0.25) is 5.02 Å². The Kier molecular flexibility index (Phi) is 6.96. The predicted molar refractivity (Wildman–Crippen MR) is 120 cm³/mol. The first-order valence-electron chi connectivity index (χ1n) is 8.81. The summed E-state index contributed by atoms with van der Waals surface area (Å²) in [4.78, 5) is 12.5. The maximum absolute atomic E-state index is 12.4. The molecule has 1 heterocycles. The summed E-state index contributed by atoms with van der Waals surface area (Å²) < 4.78 is 25.3. The Morgan fingerprint density at radius 2 is 1.97 bits per heavy atom. The molecule has 10 heteroatoms. The molecule has 0 aliphatic carbocycles. The molecule has 30 heavy (non-hydrogen) atoms. The van der Waals surface area contributed by atoms with E-state index in [0.29, 0.717) is 17.5 Å². The summed E-state index contributed by atoms with van der Waals surface area (Å²) in [6.07, 6.45) is 2.82. The SMILES string of the molecule is C=CCn1c(SCC(=O)Nc2cc(S(C)(=O)=O)ccc2Cl)nnc1-c1ccccc1. The molecular weight excluding hydrogens is 444 g/mol. The van der Waals surface area contributed by atoms with Crippen molar-refractivity contribution in [3.8, 4) is 11.4 Å². The van der Waals surface area contributed by atoms with Crippen LogP contribution in [0.3, 0.4) is 0 Å². The minimum atomic E-state index is -3.41. The molecule has 0 bridgehead atoms. The highest BCUT2D eigenvalue weighted by molar-refractivity contribution is 7.99. The number of hydrogen-bond donors (Lipinski definition) is 1. The van der Waals surface area contributed by atoms with Crippen molar-refractivity contribution in [3.63, 3.8) is 0 Å². The number of rotatable bonds is 8. The van der Waals surface area contributed by atoms with Gasteiger partial charge < -0.3 is 5.32 Å². The van der Waals surface area contributed by atoms with E-state index in [1.807, 2.05) is 34.9 Å². The quantitative estimate of drug-likeness (QED) is 0.402. The van der Waals surface area contributed by atoms with Gasteiger partial charge in [-0.25, -0.2) is 8.42 Å². The van der Waals surface area contributed by atoms with Crippen molar-refractivity contribution < 1.29 is 13.2 Å². The van der Waals surface area contributed by atoms with E-state index in [1.165, 1.54) is 30.0 Å². The van der Waals surface area contributed by atoms with Crippen LogP contribution in [-0.2, 0) is 21.2 Å². The van der Waals surface area contributed by atoms with Crippen LogP contribution in [-0.4, -0.2) is 41.1 Å². The van der Waals surface area contributed by atoms with Crippen LogP contribution in [0.1, 0.15) is 0 Å². The van der Waals surface area contributed by atoms with E-state index in [-0.39, 0.29) is 27.3 Å². The minimum absolute atomic E-state index is 0.0451. The summed E-state index contributed by atoms with van der Waals surface area (Å²) in [6.45, 7) is 4.26. The maximum Gasteiger partial charge on any atom is 0.234 e. The third kappa shape index (κ3) is 5.29. The number of sulfone groups is 1. The van der Waals surface area contributed by atoms with Crippen LogP contribution in [0.25, 0.3) is 11.4 Å². The average molecular weight is 463 g/mol. The molecule has 156 valence electrons. The maximum atomic E-state index is 12.4. The summed E-state index contributed by atoms with van der Waals surface area (Å²) in [5.74, 6) is 0.382. The lowest BCUT2D eigenvalue weighted by molar-refractivity contribution is -0.113. The first kappa shape index (κ1) is 22.1. The summed E-state index contributed by atoms with van der Waals surface area (Å²) in [5.41, 5.74) is 1.15. The number of benzene rings is 2. The molecule has 0 spiro atoms. The van der Waals surface area contributed by atoms with E-state index in [2.05, 4.69) is 22.1 Å². The fourth-order valence-corrected chi connectivity index (χ4v) is 4.20. The standard InChI is InChI=1S/C20H19ClN4O3S2/c1-3-11-25-19(14-7-5-4-6-8-14)23-24-20(25)29-13-18(26)22-17-12-15(30(2,27)28)9-10-16(17)21/h3-10,12H,1,11,13H2,2H3,(H,22,26). The van der Waals surface area contributed by atoms with Crippen molar-refractivity contribution in [2.45, 2.75) is 16.6 Å². The van der Waals surface area contributed by atoms with Crippen LogP contribution in [0.5, 0.6) is 0 Å². The Bertz CT molecular complexity index is 1180. The van der Waals surface area contributed by atoms with Crippen LogP contribution in [0, 0.1) is 0 Å². The van der Waals surface area contributed by atoms with Gasteiger partial charge in [-0.2, -0.15) is 0 Å². The largest absolute Gasteiger partial charge is 0.324 e. The van der Waals surface area contributed by atoms with Gasteiger partial charge in [-0.15, -0.1) is 16.8 Å². The van der Waals surface area contributed by atoms with Crippen LogP contribution < -0.4 is 5.32 Å². The molecule has 3 aromatic rings. The van der Waals surface area contributed by atoms with E-state index in [4.69, 9.17) is 11.6 Å². The van der Waals surface area contributed by atoms with Gasteiger partial charge in [-0.1, -0.05) is 59.8 Å². The zero-order valence-electron chi connectivity index (χ0n) is 16.1. The fourth-order valence-electron chi connectivity index (χ4n) is 2.64. The molecule has 0 aliphatic rings. The lowest BCUT2D eigenvalue weighted by atomic mass is 10.2. The fraction of sp³-hybridized carbons (Fsp3) is 0.150. The number of carbonyl (C=O) groups excluding carboxylic acids is 1.